The molecule has 0 unspecified atom stereocenters. The van der Waals surface area contributed by atoms with Crippen LogP contribution in [-0.4, -0.2) is 46.0 Å². The Morgan fingerprint density at radius 3 is 2.60 bits per heavy atom. The molecular weight excluding hydrogens is 388 g/mol. The van der Waals surface area contributed by atoms with Gasteiger partial charge in [-0.05, 0) is 37.1 Å². The van der Waals surface area contributed by atoms with Gasteiger partial charge in [-0.3, -0.25) is 14.4 Å². The number of hydrogen-bond acceptors (Lipinski definition) is 4. The lowest BCUT2D eigenvalue weighted by molar-refractivity contribution is 0.0691. The summed E-state index contributed by atoms with van der Waals surface area (Å²) in [5.74, 6) is -0.332. The lowest BCUT2D eigenvalue weighted by Gasteiger charge is -2.32. The van der Waals surface area contributed by atoms with Crippen LogP contribution >= 0.6 is 15.9 Å². The van der Waals surface area contributed by atoms with Crippen molar-refractivity contribution in [2.75, 3.05) is 13.1 Å². The third-order valence-corrected chi connectivity index (χ3v) is 4.60. The van der Waals surface area contributed by atoms with Crippen LogP contribution < -0.4 is 10.9 Å². The van der Waals surface area contributed by atoms with Crippen molar-refractivity contribution in [3.8, 4) is 0 Å². The van der Waals surface area contributed by atoms with Gasteiger partial charge in [-0.15, -0.1) is 0 Å². The fourth-order valence-corrected chi connectivity index (χ4v) is 3.15. The number of nitrogens with one attached hydrogen (secondary N) is 2. The highest BCUT2D eigenvalue weighted by molar-refractivity contribution is 9.10. The number of piperidine rings is 1. The minimum Gasteiger partial charge on any atom is -0.349 e. The summed E-state index contributed by atoms with van der Waals surface area (Å²) in [5, 5.41) is 9.04. The number of aromatic nitrogens is 2. The van der Waals surface area contributed by atoms with Crippen LogP contribution in [0, 0.1) is 0 Å². The molecule has 0 bridgehead atoms. The number of rotatable bonds is 3. The van der Waals surface area contributed by atoms with Gasteiger partial charge in [0.2, 0.25) is 0 Å². The molecule has 1 aliphatic heterocycles. The molecule has 0 saturated carbocycles. The maximum atomic E-state index is 12.3. The van der Waals surface area contributed by atoms with Crippen molar-refractivity contribution in [2.45, 2.75) is 18.9 Å². The average molecular weight is 405 g/mol. The monoisotopic (exact) mass is 404 g/mol. The summed E-state index contributed by atoms with van der Waals surface area (Å²) in [7, 11) is 0. The van der Waals surface area contributed by atoms with Crippen LogP contribution in [0.2, 0.25) is 0 Å². The molecule has 7 nitrogen and oxygen atoms in total. The van der Waals surface area contributed by atoms with Gasteiger partial charge < -0.3 is 10.2 Å². The summed E-state index contributed by atoms with van der Waals surface area (Å²) in [6, 6.07) is 9.95. The van der Waals surface area contributed by atoms with E-state index in [1.165, 1.54) is 12.1 Å². The molecule has 1 aromatic heterocycles. The van der Waals surface area contributed by atoms with Crippen molar-refractivity contribution in [2.24, 2.45) is 0 Å². The van der Waals surface area contributed by atoms with Crippen LogP contribution in [-0.2, 0) is 0 Å². The number of aromatic amines is 1. The molecule has 2 N–H and O–H groups in total. The highest BCUT2D eigenvalue weighted by atomic mass is 79.9. The first-order chi connectivity index (χ1) is 12.0. The van der Waals surface area contributed by atoms with Crippen LogP contribution in [0.1, 0.15) is 33.7 Å². The second kappa shape index (κ2) is 7.60. The molecule has 1 fully saturated rings. The summed E-state index contributed by atoms with van der Waals surface area (Å²) in [6.07, 6.45) is 1.35. The third kappa shape index (κ3) is 4.33. The number of hydrogen-bond donors (Lipinski definition) is 2. The van der Waals surface area contributed by atoms with Gasteiger partial charge in [0.1, 0.15) is 5.69 Å². The van der Waals surface area contributed by atoms with E-state index < -0.39 is 0 Å². The predicted octanol–water partition coefficient (Wildman–Crippen LogP) is 1.57. The number of halogens is 1. The number of likely N-dealkylation sites (tertiary alicyclic amines) is 1. The van der Waals surface area contributed by atoms with Gasteiger partial charge in [0.25, 0.3) is 17.4 Å². The van der Waals surface area contributed by atoms with Gasteiger partial charge in [0.05, 0.1) is 0 Å². The van der Waals surface area contributed by atoms with E-state index in [0.29, 0.717) is 31.5 Å². The highest BCUT2D eigenvalue weighted by Crippen LogP contribution is 2.15. The van der Waals surface area contributed by atoms with Gasteiger partial charge in [0, 0.05) is 35.2 Å². The lowest BCUT2D eigenvalue weighted by atomic mass is 10.0. The van der Waals surface area contributed by atoms with E-state index in [1.807, 2.05) is 12.1 Å². The minimum atomic E-state index is -0.342. The molecule has 0 radical (unpaired) electrons. The Morgan fingerprint density at radius 1 is 1.20 bits per heavy atom. The van der Waals surface area contributed by atoms with Crippen molar-refractivity contribution in [1.82, 2.24) is 20.4 Å². The Kier molecular flexibility index (Phi) is 5.28. The van der Waals surface area contributed by atoms with Crippen LogP contribution in [0.4, 0.5) is 0 Å². The Bertz CT molecular complexity index is 823. The molecule has 2 heterocycles. The maximum Gasteiger partial charge on any atom is 0.274 e. The van der Waals surface area contributed by atoms with Gasteiger partial charge in [0.15, 0.2) is 0 Å². The smallest absolute Gasteiger partial charge is 0.274 e. The van der Waals surface area contributed by atoms with Crippen molar-refractivity contribution in [1.29, 1.82) is 0 Å². The molecule has 2 amide bonds. The summed E-state index contributed by atoms with van der Waals surface area (Å²) in [5.41, 5.74) is 0.479. The molecule has 0 atom stereocenters. The second-order valence-electron chi connectivity index (χ2n) is 5.86. The normalized spacial score (nSPS) is 15.0. The number of benzene rings is 1. The molecule has 130 valence electrons. The van der Waals surface area contributed by atoms with E-state index >= 15 is 0 Å². The zero-order valence-corrected chi connectivity index (χ0v) is 15.0. The van der Waals surface area contributed by atoms with E-state index in [0.717, 1.165) is 4.47 Å². The number of H-pyrrole nitrogens is 1. The zero-order valence-electron chi connectivity index (χ0n) is 13.4. The maximum absolute atomic E-state index is 12.3. The third-order valence-electron chi connectivity index (χ3n) is 4.10. The number of carbonyl (C=O) groups is 2. The second-order valence-corrected chi connectivity index (χ2v) is 6.77. The summed E-state index contributed by atoms with van der Waals surface area (Å²) < 4.78 is 0.856. The molecule has 0 aliphatic carbocycles. The molecule has 0 spiro atoms. The van der Waals surface area contributed by atoms with Gasteiger partial charge in [-0.1, -0.05) is 22.0 Å². The molecule has 2 aromatic rings. The molecule has 1 saturated heterocycles. The predicted molar refractivity (Wildman–Crippen MR) is 95.4 cm³/mol. The lowest BCUT2D eigenvalue weighted by Crippen LogP contribution is -2.46. The van der Waals surface area contributed by atoms with Crippen molar-refractivity contribution in [3.05, 3.63) is 62.5 Å². The fourth-order valence-electron chi connectivity index (χ4n) is 2.75. The van der Waals surface area contributed by atoms with Crippen LogP contribution in [0.5, 0.6) is 0 Å². The zero-order chi connectivity index (χ0) is 17.8. The Labute approximate surface area is 152 Å². The molecular formula is C17H17BrN4O3. The van der Waals surface area contributed by atoms with Crippen LogP contribution in [0.25, 0.3) is 0 Å². The van der Waals surface area contributed by atoms with Gasteiger partial charge in [-0.2, -0.15) is 5.10 Å². The van der Waals surface area contributed by atoms with E-state index in [2.05, 4.69) is 31.4 Å². The summed E-state index contributed by atoms with van der Waals surface area (Å²) >= 11 is 3.35. The molecule has 1 aromatic carbocycles. The van der Waals surface area contributed by atoms with Crippen LogP contribution in [0.15, 0.2) is 45.7 Å². The fraction of sp³-hybridized carbons (Fsp3) is 0.294. The molecule has 8 heteroatoms. The van der Waals surface area contributed by atoms with Crippen LogP contribution in [0.3, 0.4) is 0 Å². The molecule has 1 aliphatic rings. The van der Waals surface area contributed by atoms with E-state index in [-0.39, 0.29) is 29.1 Å². The first-order valence-corrected chi connectivity index (χ1v) is 8.73. The number of nitrogens with zero attached hydrogens (tertiary/aromatic N) is 2. The Balaban J connectivity index is 1.55. The van der Waals surface area contributed by atoms with E-state index in [1.54, 1.807) is 17.0 Å². The Morgan fingerprint density at radius 2 is 1.96 bits per heavy atom. The number of carbonyl (C=O) groups excluding carboxylic acids is 2. The van der Waals surface area contributed by atoms with Crippen molar-refractivity contribution >= 4 is 27.7 Å². The van der Waals surface area contributed by atoms with Gasteiger partial charge >= 0.3 is 0 Å². The average Bonchev–Trinajstić information content (AvgIpc) is 2.62. The first-order valence-electron chi connectivity index (χ1n) is 7.94. The minimum absolute atomic E-state index is 0.0269. The topological polar surface area (TPSA) is 95.2 Å². The molecule has 3 rings (SSSR count). The standard InChI is InChI=1S/C17H17BrN4O3/c18-12-3-1-2-11(10-12)16(24)19-13-6-8-22(9-7-13)17(25)14-4-5-15(23)21-20-14/h1-5,10,13H,6-9H2,(H,19,24)(H,21,23). The largest absolute Gasteiger partial charge is 0.349 e. The highest BCUT2D eigenvalue weighted by Gasteiger charge is 2.25. The SMILES string of the molecule is O=C(NC1CCN(C(=O)c2ccc(=O)[nH]n2)CC1)c1cccc(Br)c1. The van der Waals surface area contributed by atoms with Gasteiger partial charge in [-0.25, -0.2) is 5.10 Å². The quantitative estimate of drug-likeness (QED) is 0.811. The van der Waals surface area contributed by atoms with Crippen molar-refractivity contribution in [3.63, 3.8) is 0 Å². The van der Waals surface area contributed by atoms with E-state index in [9.17, 15) is 14.4 Å². The Hall–Kier alpha value is -2.48. The van der Waals surface area contributed by atoms with E-state index in [4.69, 9.17) is 0 Å². The molecule has 25 heavy (non-hydrogen) atoms. The summed E-state index contributed by atoms with van der Waals surface area (Å²) in [4.78, 5) is 37.3. The van der Waals surface area contributed by atoms with Crippen molar-refractivity contribution < 1.29 is 9.59 Å². The summed E-state index contributed by atoms with van der Waals surface area (Å²) in [6.45, 7) is 1.06. The number of amides is 2. The first kappa shape index (κ1) is 17.3.